The number of hydrogen-bond acceptors (Lipinski definition) is 5. The Kier molecular flexibility index (Phi) is 5.58. The molecule has 0 saturated heterocycles. The number of hydrogen-bond donors (Lipinski definition) is 1. The lowest BCUT2D eigenvalue weighted by atomic mass is 10.0. The van der Waals surface area contributed by atoms with Gasteiger partial charge in [0.05, 0.1) is 5.70 Å². The number of halogens is 2. The number of benzene rings is 3. The van der Waals surface area contributed by atoms with Crippen molar-refractivity contribution in [1.82, 2.24) is 20.2 Å². The maximum atomic E-state index is 13.5. The van der Waals surface area contributed by atoms with Crippen molar-refractivity contribution < 1.29 is 9.18 Å². The Hall–Kier alpha value is -4.04. The number of rotatable bonds is 5. The van der Waals surface area contributed by atoms with Crippen LogP contribution in [0.5, 0.6) is 0 Å². The minimum atomic E-state index is -0.426. The maximum absolute atomic E-state index is 13.5. The molecular weight excluding hydrogens is 443 g/mol. The number of anilines is 2. The molecule has 0 unspecified atom stereocenters. The second-order valence-electron chi connectivity index (χ2n) is 7.48. The predicted octanol–water partition coefficient (Wildman–Crippen LogP) is 4.55. The Morgan fingerprint density at radius 2 is 1.82 bits per heavy atom. The molecule has 9 heteroatoms. The molecule has 1 N–H and O–H groups in total. The summed E-state index contributed by atoms with van der Waals surface area (Å²) in [6.45, 7) is -0.0645. The first-order valence-corrected chi connectivity index (χ1v) is 10.6. The van der Waals surface area contributed by atoms with Crippen LogP contribution in [0.2, 0.25) is 5.02 Å². The van der Waals surface area contributed by atoms with Crippen LogP contribution >= 0.6 is 11.6 Å². The van der Waals surface area contributed by atoms with Crippen LogP contribution in [-0.4, -0.2) is 32.7 Å². The summed E-state index contributed by atoms with van der Waals surface area (Å²) < 4.78 is 15.2. The molecule has 0 saturated carbocycles. The first-order chi connectivity index (χ1) is 16.1. The normalized spacial score (nSPS) is 15.0. The lowest BCUT2D eigenvalue weighted by Crippen LogP contribution is -2.37. The van der Waals surface area contributed by atoms with Gasteiger partial charge in [-0.2, -0.15) is 4.68 Å². The van der Waals surface area contributed by atoms with E-state index in [-0.39, 0.29) is 18.5 Å². The second kappa shape index (κ2) is 8.84. The highest BCUT2D eigenvalue weighted by atomic mass is 35.5. The molecule has 4 aromatic rings. The topological polar surface area (TPSA) is 75.9 Å². The van der Waals surface area contributed by atoms with Crippen LogP contribution in [0.4, 0.5) is 16.0 Å². The van der Waals surface area contributed by atoms with Gasteiger partial charge in [-0.25, -0.2) is 4.39 Å². The van der Waals surface area contributed by atoms with Gasteiger partial charge in [0.25, 0.3) is 5.95 Å². The summed E-state index contributed by atoms with van der Waals surface area (Å²) in [5.41, 5.74) is 3.02. The molecule has 0 aliphatic carbocycles. The summed E-state index contributed by atoms with van der Waals surface area (Å²) in [6.07, 6.45) is 2.01. The van der Waals surface area contributed by atoms with Crippen LogP contribution in [-0.2, 0) is 4.79 Å². The fraction of sp³-hybridized carbons (Fsp3) is 0.0833. The number of amides is 1. The molecule has 0 spiro atoms. The molecule has 1 aromatic heterocycles. The largest absolute Gasteiger partial charge is 0.324 e. The highest BCUT2D eigenvalue weighted by Crippen LogP contribution is 2.36. The van der Waals surface area contributed by atoms with E-state index in [9.17, 15) is 9.18 Å². The minimum Gasteiger partial charge on any atom is -0.324 e. The molecule has 164 valence electrons. The van der Waals surface area contributed by atoms with Crippen molar-refractivity contribution in [2.45, 2.75) is 6.04 Å². The van der Waals surface area contributed by atoms with E-state index in [1.54, 1.807) is 21.7 Å². The number of allylic oxidation sites excluding steroid dienone is 1. The van der Waals surface area contributed by atoms with Gasteiger partial charge in [-0.3, -0.25) is 9.69 Å². The summed E-state index contributed by atoms with van der Waals surface area (Å²) in [5, 5.41) is 15.6. The fourth-order valence-corrected chi connectivity index (χ4v) is 3.92. The SMILES string of the molecule is O=C(CN1C(c2ccccc2)=C[C@@H](c2ccc(Cl)cc2)n2nnnc21)Nc1cccc(F)c1. The molecule has 1 amide bonds. The van der Waals surface area contributed by atoms with Gasteiger partial charge in [-0.1, -0.05) is 65.2 Å². The van der Waals surface area contributed by atoms with Gasteiger partial charge in [-0.15, -0.1) is 0 Å². The summed E-state index contributed by atoms with van der Waals surface area (Å²) in [6, 6.07) is 22.6. The van der Waals surface area contributed by atoms with Crippen molar-refractivity contribution in [2.75, 3.05) is 16.8 Å². The standard InChI is InChI=1S/C24H18ClFN6O/c25-18-11-9-17(10-12-18)22-14-21(16-5-2-1-3-6-16)31(24-28-29-30-32(22)24)15-23(33)27-20-8-4-7-19(26)13-20/h1-14,22H,15H2,(H,27,33)/t22-/m0/s1. The van der Waals surface area contributed by atoms with Crippen LogP contribution < -0.4 is 10.2 Å². The lowest BCUT2D eigenvalue weighted by Gasteiger charge is -2.32. The van der Waals surface area contributed by atoms with Gasteiger partial charge in [0.1, 0.15) is 18.4 Å². The smallest absolute Gasteiger partial charge is 0.251 e. The predicted molar refractivity (Wildman–Crippen MR) is 124 cm³/mol. The Morgan fingerprint density at radius 3 is 2.58 bits per heavy atom. The van der Waals surface area contributed by atoms with E-state index in [1.807, 2.05) is 60.7 Å². The summed E-state index contributed by atoms with van der Waals surface area (Å²) in [7, 11) is 0. The van der Waals surface area contributed by atoms with Gasteiger partial charge < -0.3 is 5.32 Å². The van der Waals surface area contributed by atoms with E-state index in [0.717, 1.165) is 16.8 Å². The van der Waals surface area contributed by atoms with Gasteiger partial charge in [0.2, 0.25) is 5.91 Å². The van der Waals surface area contributed by atoms with Crippen LogP contribution in [0.25, 0.3) is 5.70 Å². The van der Waals surface area contributed by atoms with Crippen LogP contribution in [0, 0.1) is 5.82 Å². The average Bonchev–Trinajstić information content (AvgIpc) is 3.31. The Balaban J connectivity index is 1.53. The quantitative estimate of drug-likeness (QED) is 0.472. The third-order valence-corrected chi connectivity index (χ3v) is 5.53. The van der Waals surface area contributed by atoms with Gasteiger partial charge >= 0.3 is 0 Å². The van der Waals surface area contributed by atoms with Gasteiger partial charge in [-0.05, 0) is 58.0 Å². The monoisotopic (exact) mass is 460 g/mol. The Labute approximate surface area is 194 Å². The third kappa shape index (κ3) is 4.33. The van der Waals surface area contributed by atoms with Crippen LogP contribution in [0.3, 0.4) is 0 Å². The van der Waals surface area contributed by atoms with E-state index in [4.69, 9.17) is 11.6 Å². The molecule has 5 rings (SSSR count). The molecule has 1 aliphatic heterocycles. The summed E-state index contributed by atoms with van der Waals surface area (Å²) in [5.74, 6) is -0.335. The van der Waals surface area contributed by atoms with Crippen molar-refractivity contribution >= 4 is 34.8 Å². The highest BCUT2D eigenvalue weighted by molar-refractivity contribution is 6.30. The fourth-order valence-electron chi connectivity index (χ4n) is 3.79. The second-order valence-corrected chi connectivity index (χ2v) is 7.92. The van der Waals surface area contributed by atoms with Crippen molar-refractivity contribution in [3.8, 4) is 0 Å². The molecule has 0 radical (unpaired) electrons. The van der Waals surface area contributed by atoms with Crippen molar-refractivity contribution in [1.29, 1.82) is 0 Å². The summed E-state index contributed by atoms with van der Waals surface area (Å²) in [4.78, 5) is 14.6. The maximum Gasteiger partial charge on any atom is 0.251 e. The first kappa shape index (κ1) is 20.8. The number of nitrogens with one attached hydrogen (secondary N) is 1. The number of carbonyl (C=O) groups excluding carboxylic acids is 1. The van der Waals surface area contributed by atoms with Crippen molar-refractivity contribution in [3.63, 3.8) is 0 Å². The molecule has 7 nitrogen and oxygen atoms in total. The van der Waals surface area contributed by atoms with Gasteiger partial charge in [0, 0.05) is 10.7 Å². The number of nitrogens with zero attached hydrogens (tertiary/aromatic N) is 5. The first-order valence-electron chi connectivity index (χ1n) is 10.2. The molecule has 0 fully saturated rings. The molecule has 2 heterocycles. The van der Waals surface area contributed by atoms with E-state index < -0.39 is 5.82 Å². The van der Waals surface area contributed by atoms with Crippen molar-refractivity contribution in [2.24, 2.45) is 0 Å². The van der Waals surface area contributed by atoms with E-state index in [0.29, 0.717) is 16.7 Å². The average molecular weight is 461 g/mol. The van der Waals surface area contributed by atoms with Crippen molar-refractivity contribution in [3.05, 3.63) is 107 Å². The zero-order valence-corrected chi connectivity index (χ0v) is 18.0. The zero-order chi connectivity index (χ0) is 22.8. The van der Waals surface area contributed by atoms with E-state index in [2.05, 4.69) is 20.8 Å². The molecule has 1 atom stereocenters. The van der Waals surface area contributed by atoms with Crippen LogP contribution in [0.15, 0.2) is 84.9 Å². The number of aromatic nitrogens is 4. The number of tetrazole rings is 1. The lowest BCUT2D eigenvalue weighted by molar-refractivity contribution is -0.114. The minimum absolute atomic E-state index is 0.0645. The van der Waals surface area contributed by atoms with Crippen LogP contribution in [0.1, 0.15) is 17.2 Å². The zero-order valence-electron chi connectivity index (χ0n) is 17.3. The third-order valence-electron chi connectivity index (χ3n) is 5.28. The molecular formula is C24H18ClFN6O. The Morgan fingerprint density at radius 1 is 1.03 bits per heavy atom. The number of carbonyl (C=O) groups is 1. The van der Waals surface area contributed by atoms with Gasteiger partial charge in [0.15, 0.2) is 0 Å². The van der Waals surface area contributed by atoms with E-state index >= 15 is 0 Å². The Bertz CT molecular complexity index is 1320. The highest BCUT2D eigenvalue weighted by Gasteiger charge is 2.31. The molecule has 0 bridgehead atoms. The summed E-state index contributed by atoms with van der Waals surface area (Å²) >= 11 is 6.07. The number of fused-ring (bicyclic) bond motifs is 1. The van der Waals surface area contributed by atoms with E-state index in [1.165, 1.54) is 12.1 Å². The molecule has 1 aliphatic rings. The molecule has 3 aromatic carbocycles. The molecule has 33 heavy (non-hydrogen) atoms.